The van der Waals surface area contributed by atoms with Crippen molar-refractivity contribution in [3.8, 4) is 5.75 Å². The number of hydrogen-bond donors (Lipinski definition) is 2. The van der Waals surface area contributed by atoms with E-state index in [0.717, 1.165) is 0 Å². The first kappa shape index (κ1) is 18.0. The van der Waals surface area contributed by atoms with Gasteiger partial charge in [-0.15, -0.1) is 0 Å². The van der Waals surface area contributed by atoms with E-state index in [1.807, 2.05) is 13.8 Å². The van der Waals surface area contributed by atoms with Crippen molar-refractivity contribution in [2.75, 3.05) is 23.7 Å². The topological polar surface area (TPSA) is 88.1 Å². The summed E-state index contributed by atoms with van der Waals surface area (Å²) in [5.74, 6) is 0.985. The number of rotatable bonds is 5. The number of benzene rings is 1. The average Bonchev–Trinajstić information content (AvgIpc) is 2.95. The number of hydrogen-bond acceptors (Lipinski definition) is 6. The zero-order chi connectivity index (χ0) is 18.8. The van der Waals surface area contributed by atoms with E-state index < -0.39 is 12.3 Å². The third-order valence-electron chi connectivity index (χ3n) is 4.08. The summed E-state index contributed by atoms with van der Waals surface area (Å²) in [5, 5.41) is 8.44. The van der Waals surface area contributed by atoms with Gasteiger partial charge in [-0.3, -0.25) is 5.41 Å². The Balaban J connectivity index is 1.88. The van der Waals surface area contributed by atoms with Gasteiger partial charge >= 0.3 is 0 Å². The molecule has 1 aliphatic heterocycles. The van der Waals surface area contributed by atoms with Gasteiger partial charge < -0.3 is 15.4 Å². The second kappa shape index (κ2) is 7.23. The van der Waals surface area contributed by atoms with Gasteiger partial charge in [0.1, 0.15) is 17.9 Å². The standard InChI is InChI=1S/C18H21F2N5O/c1-10(2)26-11-3-4-15(21)12(5-11)18(22)16-6-17(24-9-23-16)25-7-13(19)14(20)8-25/h3-6,9-10,13-14,22H,7-8,21H2,1-2H3/t13-,14-/m0/s1. The zero-order valence-electron chi connectivity index (χ0n) is 14.6. The Hall–Kier alpha value is -2.77. The van der Waals surface area contributed by atoms with E-state index in [-0.39, 0.29) is 24.9 Å². The van der Waals surface area contributed by atoms with Gasteiger partial charge in [0.05, 0.1) is 30.6 Å². The number of nitrogens with one attached hydrogen (secondary N) is 1. The van der Waals surface area contributed by atoms with E-state index in [0.29, 0.717) is 28.5 Å². The minimum absolute atomic E-state index is 0.0104. The third kappa shape index (κ3) is 3.74. The van der Waals surface area contributed by atoms with Gasteiger partial charge in [0, 0.05) is 17.3 Å². The summed E-state index contributed by atoms with van der Waals surface area (Å²) in [4.78, 5) is 9.69. The molecular formula is C18H21F2N5O. The molecule has 0 bridgehead atoms. The van der Waals surface area contributed by atoms with Crippen molar-refractivity contribution in [3.63, 3.8) is 0 Å². The molecule has 1 aliphatic rings. The van der Waals surface area contributed by atoms with Gasteiger partial charge in [-0.05, 0) is 32.0 Å². The summed E-state index contributed by atoms with van der Waals surface area (Å²) in [7, 11) is 0. The Bertz CT molecular complexity index is 804. The lowest BCUT2D eigenvalue weighted by Crippen LogP contribution is -2.22. The molecule has 0 amide bonds. The van der Waals surface area contributed by atoms with E-state index in [4.69, 9.17) is 15.9 Å². The van der Waals surface area contributed by atoms with E-state index in [1.165, 1.54) is 11.2 Å². The predicted octanol–water partition coefficient (Wildman–Crippen LogP) is 2.76. The lowest BCUT2D eigenvalue weighted by molar-refractivity contribution is 0.217. The van der Waals surface area contributed by atoms with Crippen molar-refractivity contribution >= 4 is 17.2 Å². The van der Waals surface area contributed by atoms with E-state index >= 15 is 0 Å². The first-order valence-electron chi connectivity index (χ1n) is 8.35. The van der Waals surface area contributed by atoms with Crippen LogP contribution in [0.15, 0.2) is 30.6 Å². The minimum Gasteiger partial charge on any atom is -0.491 e. The maximum atomic E-state index is 13.4. The van der Waals surface area contributed by atoms with Gasteiger partial charge in [-0.2, -0.15) is 0 Å². The van der Waals surface area contributed by atoms with Crippen LogP contribution in [0.25, 0.3) is 0 Å². The second-order valence-corrected chi connectivity index (χ2v) is 6.49. The number of anilines is 2. The molecule has 2 aromatic rings. The quantitative estimate of drug-likeness (QED) is 0.631. The normalized spacial score (nSPS) is 19.8. The summed E-state index contributed by atoms with van der Waals surface area (Å²) in [6, 6.07) is 6.64. The van der Waals surface area contributed by atoms with Gasteiger partial charge in [-0.25, -0.2) is 18.7 Å². The SMILES string of the molecule is CC(C)Oc1ccc(N)c(C(=N)c2cc(N3C[C@H](F)[C@@H](F)C3)ncn2)c1. The molecule has 2 atom stereocenters. The molecule has 0 saturated carbocycles. The Morgan fingerprint density at radius 1 is 1.23 bits per heavy atom. The van der Waals surface area contributed by atoms with Gasteiger partial charge in [-0.1, -0.05) is 0 Å². The van der Waals surface area contributed by atoms with E-state index in [2.05, 4.69) is 9.97 Å². The number of nitrogen functional groups attached to an aromatic ring is 1. The highest BCUT2D eigenvalue weighted by Gasteiger charge is 2.33. The highest BCUT2D eigenvalue weighted by atomic mass is 19.2. The Kier molecular flexibility index (Phi) is 5.01. The van der Waals surface area contributed by atoms with Crippen molar-refractivity contribution in [3.05, 3.63) is 41.9 Å². The van der Waals surface area contributed by atoms with Crippen LogP contribution in [0.2, 0.25) is 0 Å². The fourth-order valence-electron chi connectivity index (χ4n) is 2.80. The molecule has 6 nitrogen and oxygen atoms in total. The van der Waals surface area contributed by atoms with E-state index in [1.54, 1.807) is 24.3 Å². The Morgan fingerprint density at radius 2 is 1.92 bits per heavy atom. The van der Waals surface area contributed by atoms with Crippen LogP contribution in [-0.4, -0.2) is 47.2 Å². The maximum Gasteiger partial charge on any atom is 0.150 e. The molecule has 1 fully saturated rings. The number of nitrogens with two attached hydrogens (primary N) is 1. The van der Waals surface area contributed by atoms with Crippen molar-refractivity contribution in [2.45, 2.75) is 32.3 Å². The molecule has 0 radical (unpaired) electrons. The fourth-order valence-corrected chi connectivity index (χ4v) is 2.80. The largest absolute Gasteiger partial charge is 0.491 e. The Morgan fingerprint density at radius 3 is 2.58 bits per heavy atom. The van der Waals surface area contributed by atoms with Crippen molar-refractivity contribution in [1.29, 1.82) is 5.41 Å². The highest BCUT2D eigenvalue weighted by molar-refractivity contribution is 6.13. The van der Waals surface area contributed by atoms with Gasteiger partial charge in [0.2, 0.25) is 0 Å². The first-order chi connectivity index (χ1) is 12.3. The minimum atomic E-state index is -1.53. The monoisotopic (exact) mass is 361 g/mol. The molecule has 2 heterocycles. The lowest BCUT2D eigenvalue weighted by atomic mass is 10.0. The summed E-state index contributed by atoms with van der Waals surface area (Å²) in [6.07, 6.45) is -1.80. The van der Waals surface area contributed by atoms with Crippen LogP contribution in [0.5, 0.6) is 5.75 Å². The van der Waals surface area contributed by atoms with Crippen LogP contribution in [0, 0.1) is 5.41 Å². The molecule has 8 heteroatoms. The van der Waals surface area contributed by atoms with Crippen molar-refractivity contribution in [2.24, 2.45) is 0 Å². The van der Waals surface area contributed by atoms with Gasteiger partial charge in [0.25, 0.3) is 0 Å². The van der Waals surface area contributed by atoms with Crippen LogP contribution in [-0.2, 0) is 0 Å². The summed E-state index contributed by atoms with van der Waals surface area (Å²) in [5.41, 5.74) is 7.31. The molecule has 1 saturated heterocycles. The molecule has 138 valence electrons. The van der Waals surface area contributed by atoms with Crippen LogP contribution in [0.1, 0.15) is 25.1 Å². The van der Waals surface area contributed by atoms with Crippen LogP contribution in [0.3, 0.4) is 0 Å². The number of ether oxygens (including phenoxy) is 1. The number of aromatic nitrogens is 2. The molecule has 0 unspecified atom stereocenters. The molecule has 1 aromatic carbocycles. The first-order valence-corrected chi connectivity index (χ1v) is 8.35. The summed E-state index contributed by atoms with van der Waals surface area (Å²) in [6.45, 7) is 3.68. The zero-order valence-corrected chi connectivity index (χ0v) is 14.6. The predicted molar refractivity (Wildman–Crippen MR) is 96.6 cm³/mol. The highest BCUT2D eigenvalue weighted by Crippen LogP contribution is 2.25. The van der Waals surface area contributed by atoms with Crippen LogP contribution >= 0.6 is 0 Å². The number of nitrogens with zero attached hydrogens (tertiary/aromatic N) is 3. The second-order valence-electron chi connectivity index (χ2n) is 6.49. The lowest BCUT2D eigenvalue weighted by Gasteiger charge is -2.17. The van der Waals surface area contributed by atoms with Crippen molar-refractivity contribution < 1.29 is 13.5 Å². The smallest absolute Gasteiger partial charge is 0.150 e. The Labute approximate surface area is 150 Å². The van der Waals surface area contributed by atoms with Crippen LogP contribution < -0.4 is 15.4 Å². The van der Waals surface area contributed by atoms with E-state index in [9.17, 15) is 8.78 Å². The molecular weight excluding hydrogens is 340 g/mol. The molecule has 3 N–H and O–H groups in total. The van der Waals surface area contributed by atoms with Gasteiger partial charge in [0.15, 0.2) is 12.3 Å². The fraction of sp³-hybridized carbons (Fsp3) is 0.389. The maximum absolute atomic E-state index is 13.4. The van der Waals surface area contributed by atoms with Crippen molar-refractivity contribution in [1.82, 2.24) is 9.97 Å². The third-order valence-corrected chi connectivity index (χ3v) is 4.08. The average molecular weight is 361 g/mol. The molecule has 26 heavy (non-hydrogen) atoms. The number of halogens is 2. The molecule has 1 aromatic heterocycles. The summed E-state index contributed by atoms with van der Waals surface area (Å²) < 4.78 is 32.5. The molecule has 0 spiro atoms. The number of alkyl halides is 2. The summed E-state index contributed by atoms with van der Waals surface area (Å²) >= 11 is 0. The molecule has 3 rings (SSSR count). The van der Waals surface area contributed by atoms with Crippen LogP contribution in [0.4, 0.5) is 20.3 Å². The molecule has 0 aliphatic carbocycles.